The van der Waals surface area contributed by atoms with E-state index in [4.69, 9.17) is 4.74 Å². The van der Waals surface area contributed by atoms with Crippen LogP contribution in [-0.4, -0.2) is 39.9 Å². The Hall–Kier alpha value is -2.41. The number of aryl methyl sites for hydroxylation is 2. The molecule has 7 heteroatoms. The Kier molecular flexibility index (Phi) is 3.30. The Bertz CT molecular complexity index is 846. The molecule has 0 bridgehead atoms. The molecule has 118 valence electrons. The molecule has 1 aliphatic heterocycles. The summed E-state index contributed by atoms with van der Waals surface area (Å²) in [4.78, 5) is 18.9. The molecule has 0 atom stereocenters. The molecule has 0 amide bonds. The predicted molar refractivity (Wildman–Crippen MR) is 89.0 cm³/mol. The van der Waals surface area contributed by atoms with Gasteiger partial charge in [0.15, 0.2) is 5.13 Å². The van der Waals surface area contributed by atoms with Crippen molar-refractivity contribution in [3.8, 4) is 0 Å². The number of anilines is 1. The van der Waals surface area contributed by atoms with Crippen molar-refractivity contribution >= 4 is 32.7 Å². The highest BCUT2D eigenvalue weighted by Gasteiger charge is 2.33. The van der Waals surface area contributed by atoms with E-state index in [0.29, 0.717) is 18.8 Å². The van der Waals surface area contributed by atoms with Gasteiger partial charge in [0, 0.05) is 7.05 Å². The maximum atomic E-state index is 12.2. The third-order valence-corrected chi connectivity index (χ3v) is 4.98. The number of carbonyl (C=O) groups is 1. The first-order valence-electron chi connectivity index (χ1n) is 7.42. The molecule has 0 unspecified atom stereocenters. The van der Waals surface area contributed by atoms with Crippen molar-refractivity contribution in [3.63, 3.8) is 0 Å². The van der Waals surface area contributed by atoms with Crippen LogP contribution in [0.5, 0.6) is 0 Å². The molecule has 3 aromatic rings. The van der Waals surface area contributed by atoms with Crippen LogP contribution in [0.1, 0.15) is 16.2 Å². The first-order valence-corrected chi connectivity index (χ1v) is 8.24. The third kappa shape index (κ3) is 2.57. The van der Waals surface area contributed by atoms with Gasteiger partial charge in [0.2, 0.25) is 0 Å². The summed E-state index contributed by atoms with van der Waals surface area (Å²) in [6.07, 6.45) is -0.0929. The smallest absolute Gasteiger partial charge is 0.356 e. The Morgan fingerprint density at radius 1 is 1.35 bits per heavy atom. The van der Waals surface area contributed by atoms with Gasteiger partial charge in [-0.2, -0.15) is 5.10 Å². The van der Waals surface area contributed by atoms with E-state index in [-0.39, 0.29) is 12.1 Å². The molecule has 1 saturated heterocycles. The zero-order valence-corrected chi connectivity index (χ0v) is 13.7. The quantitative estimate of drug-likeness (QED) is 0.691. The number of hydrogen-bond donors (Lipinski definition) is 0. The lowest BCUT2D eigenvalue weighted by molar-refractivity contribution is 0.0222. The number of aromatic nitrogens is 3. The van der Waals surface area contributed by atoms with Crippen LogP contribution in [0.2, 0.25) is 0 Å². The number of hydrogen-bond acceptors (Lipinski definition) is 6. The lowest BCUT2D eigenvalue weighted by Gasteiger charge is -2.38. The number of benzene rings is 1. The first kappa shape index (κ1) is 14.2. The number of carbonyl (C=O) groups excluding carboxylic acids is 1. The predicted octanol–water partition coefficient (Wildman–Crippen LogP) is 2.38. The van der Waals surface area contributed by atoms with Crippen LogP contribution < -0.4 is 4.90 Å². The summed E-state index contributed by atoms with van der Waals surface area (Å²) in [5, 5.41) is 5.15. The average Bonchev–Trinajstić information content (AvgIpc) is 3.04. The second-order valence-electron chi connectivity index (χ2n) is 5.69. The highest BCUT2D eigenvalue weighted by Crippen LogP contribution is 2.31. The van der Waals surface area contributed by atoms with Gasteiger partial charge in [-0.15, -0.1) is 0 Å². The minimum atomic E-state index is -0.318. The summed E-state index contributed by atoms with van der Waals surface area (Å²) in [7, 11) is 1.75. The number of fused-ring (bicyclic) bond motifs is 1. The van der Waals surface area contributed by atoms with Gasteiger partial charge in [-0.1, -0.05) is 23.5 Å². The van der Waals surface area contributed by atoms with E-state index in [2.05, 4.69) is 21.0 Å². The number of nitrogens with zero attached hydrogens (tertiary/aromatic N) is 4. The van der Waals surface area contributed by atoms with Crippen LogP contribution in [0.25, 0.3) is 10.2 Å². The third-order valence-electron chi connectivity index (χ3n) is 3.89. The lowest BCUT2D eigenvalue weighted by atomic mass is 10.2. The van der Waals surface area contributed by atoms with Crippen molar-refractivity contribution in [2.45, 2.75) is 13.0 Å². The molecule has 0 aliphatic carbocycles. The van der Waals surface area contributed by atoms with Crippen LogP contribution in [0.3, 0.4) is 0 Å². The fourth-order valence-corrected chi connectivity index (χ4v) is 3.66. The molecule has 3 heterocycles. The van der Waals surface area contributed by atoms with Gasteiger partial charge in [-0.3, -0.25) is 4.68 Å². The number of esters is 1. The van der Waals surface area contributed by atoms with E-state index in [1.807, 2.05) is 25.1 Å². The van der Waals surface area contributed by atoms with E-state index in [1.165, 1.54) is 4.70 Å². The van der Waals surface area contributed by atoms with Crippen LogP contribution in [0, 0.1) is 6.92 Å². The molecule has 23 heavy (non-hydrogen) atoms. The Labute approximate surface area is 137 Å². The van der Waals surface area contributed by atoms with Gasteiger partial charge in [-0.05, 0) is 25.1 Å². The van der Waals surface area contributed by atoms with Crippen molar-refractivity contribution in [1.82, 2.24) is 14.8 Å². The number of thiazole rings is 1. The van der Waals surface area contributed by atoms with E-state index < -0.39 is 0 Å². The largest absolute Gasteiger partial charge is 0.454 e. The van der Waals surface area contributed by atoms with Gasteiger partial charge in [0.1, 0.15) is 11.8 Å². The molecule has 0 N–H and O–H groups in total. The zero-order chi connectivity index (χ0) is 16.0. The van der Waals surface area contributed by atoms with Crippen LogP contribution in [-0.2, 0) is 11.8 Å². The minimum Gasteiger partial charge on any atom is -0.454 e. The Morgan fingerprint density at radius 3 is 2.83 bits per heavy atom. The fraction of sp³-hybridized carbons (Fsp3) is 0.312. The standard InChI is InChI=1S/C16H16N4O2S/c1-10-7-13(19(2)18-10)15(21)22-11-8-20(9-11)16-17-12-5-3-4-6-14(12)23-16/h3-7,11H,8-9H2,1-2H3. The molecule has 1 aliphatic rings. The summed E-state index contributed by atoms with van der Waals surface area (Å²) in [6, 6.07) is 9.82. The van der Waals surface area contributed by atoms with E-state index >= 15 is 0 Å². The molecular formula is C16H16N4O2S. The first-order chi connectivity index (χ1) is 11.1. The molecule has 0 radical (unpaired) electrons. The maximum absolute atomic E-state index is 12.2. The van der Waals surface area contributed by atoms with Crippen molar-refractivity contribution in [2.24, 2.45) is 7.05 Å². The summed E-state index contributed by atoms with van der Waals surface area (Å²) in [5.74, 6) is -0.318. The average molecular weight is 328 g/mol. The molecule has 0 spiro atoms. The van der Waals surface area contributed by atoms with Gasteiger partial charge >= 0.3 is 5.97 Å². The van der Waals surface area contributed by atoms with Crippen molar-refractivity contribution in [2.75, 3.05) is 18.0 Å². The number of rotatable bonds is 3. The molecule has 6 nitrogen and oxygen atoms in total. The van der Waals surface area contributed by atoms with Gasteiger partial charge < -0.3 is 9.64 Å². The molecule has 4 rings (SSSR count). The summed E-state index contributed by atoms with van der Waals surface area (Å²) in [5.41, 5.74) is 2.31. The van der Waals surface area contributed by atoms with Crippen molar-refractivity contribution < 1.29 is 9.53 Å². The van der Waals surface area contributed by atoms with Gasteiger partial charge in [-0.25, -0.2) is 9.78 Å². The number of ether oxygens (including phenoxy) is 1. The summed E-state index contributed by atoms with van der Waals surface area (Å²) >= 11 is 1.66. The Morgan fingerprint density at radius 2 is 2.13 bits per heavy atom. The van der Waals surface area contributed by atoms with Crippen LogP contribution in [0.15, 0.2) is 30.3 Å². The number of para-hydroxylation sites is 1. The van der Waals surface area contributed by atoms with Gasteiger partial charge in [0.05, 0.1) is 29.0 Å². The maximum Gasteiger partial charge on any atom is 0.356 e. The monoisotopic (exact) mass is 328 g/mol. The van der Waals surface area contributed by atoms with E-state index in [9.17, 15) is 4.79 Å². The van der Waals surface area contributed by atoms with Crippen molar-refractivity contribution in [1.29, 1.82) is 0 Å². The second-order valence-corrected chi connectivity index (χ2v) is 6.70. The topological polar surface area (TPSA) is 60.2 Å². The van der Waals surface area contributed by atoms with Gasteiger partial charge in [0.25, 0.3) is 0 Å². The molecular weight excluding hydrogens is 312 g/mol. The lowest BCUT2D eigenvalue weighted by Crippen LogP contribution is -2.53. The van der Waals surface area contributed by atoms with E-state index in [0.717, 1.165) is 16.3 Å². The SMILES string of the molecule is Cc1cc(C(=O)OC2CN(c3nc4ccccc4s3)C2)n(C)n1. The minimum absolute atomic E-state index is 0.0929. The zero-order valence-electron chi connectivity index (χ0n) is 12.9. The fourth-order valence-electron chi connectivity index (χ4n) is 2.68. The highest BCUT2D eigenvalue weighted by atomic mass is 32.1. The summed E-state index contributed by atoms with van der Waals surface area (Å²) < 4.78 is 8.26. The normalized spacial score (nSPS) is 15.0. The van der Waals surface area contributed by atoms with Crippen LogP contribution >= 0.6 is 11.3 Å². The Balaban J connectivity index is 1.39. The van der Waals surface area contributed by atoms with E-state index in [1.54, 1.807) is 29.1 Å². The second kappa shape index (κ2) is 5.34. The molecule has 1 fully saturated rings. The highest BCUT2D eigenvalue weighted by molar-refractivity contribution is 7.22. The summed E-state index contributed by atoms with van der Waals surface area (Å²) in [6.45, 7) is 3.22. The molecule has 2 aromatic heterocycles. The molecule has 1 aromatic carbocycles. The van der Waals surface area contributed by atoms with Crippen molar-refractivity contribution in [3.05, 3.63) is 41.7 Å². The van der Waals surface area contributed by atoms with Crippen LogP contribution in [0.4, 0.5) is 5.13 Å². The molecule has 0 saturated carbocycles.